The van der Waals surface area contributed by atoms with E-state index < -0.39 is 44.3 Å². The number of sulfonamides is 1. The molecule has 0 aliphatic rings. The second-order valence-electron chi connectivity index (χ2n) is 5.53. The zero-order valence-corrected chi connectivity index (χ0v) is 15.1. The molecule has 2 rings (SSSR count). The van der Waals surface area contributed by atoms with Crippen molar-refractivity contribution < 1.29 is 44.0 Å². The zero-order chi connectivity index (χ0) is 22.0. The molecule has 0 spiro atoms. The number of nitrogens with zero attached hydrogens (tertiary/aromatic N) is 1. The Morgan fingerprint density at radius 2 is 1.59 bits per heavy atom. The van der Waals surface area contributed by atoms with Gasteiger partial charge < -0.3 is 4.84 Å². The summed E-state index contributed by atoms with van der Waals surface area (Å²) < 4.78 is 113. The summed E-state index contributed by atoms with van der Waals surface area (Å²) >= 11 is 0. The molecule has 0 bridgehead atoms. The van der Waals surface area contributed by atoms with Crippen LogP contribution in [-0.2, 0) is 16.2 Å². The molecule has 0 aromatic heterocycles. The lowest BCUT2D eigenvalue weighted by molar-refractivity contribution is -0.137. The molecule has 0 amide bonds. The van der Waals surface area contributed by atoms with Crippen molar-refractivity contribution in [2.75, 3.05) is 4.72 Å². The summed E-state index contributed by atoms with van der Waals surface area (Å²) in [6, 6.07) is 5.89. The molecule has 0 saturated carbocycles. The van der Waals surface area contributed by atoms with Crippen LogP contribution in [0.15, 0.2) is 47.6 Å². The monoisotopic (exact) mass is 444 g/mol. The maximum absolute atomic E-state index is 12.9. The number of oxime groups is 1. The van der Waals surface area contributed by atoms with Crippen LogP contribution in [0, 0.1) is 5.82 Å². The highest BCUT2D eigenvalue weighted by Crippen LogP contribution is 2.34. The second-order valence-corrected chi connectivity index (χ2v) is 7.21. The normalized spacial score (nSPS) is 13.3. The van der Waals surface area contributed by atoms with E-state index in [4.69, 9.17) is 4.84 Å². The van der Waals surface area contributed by atoms with E-state index in [1.54, 1.807) is 0 Å². The predicted molar refractivity (Wildman–Crippen MR) is 89.3 cm³/mol. The van der Waals surface area contributed by atoms with E-state index in [0.717, 1.165) is 29.8 Å². The lowest BCUT2D eigenvalue weighted by Crippen LogP contribution is -2.30. The van der Waals surface area contributed by atoms with E-state index in [0.29, 0.717) is 6.07 Å². The van der Waals surface area contributed by atoms with Crippen LogP contribution in [0.25, 0.3) is 0 Å². The van der Waals surface area contributed by atoms with Crippen molar-refractivity contribution in [1.82, 2.24) is 0 Å². The van der Waals surface area contributed by atoms with Gasteiger partial charge in [0.15, 0.2) is 5.75 Å². The minimum absolute atomic E-state index is 0.0232. The quantitative estimate of drug-likeness (QED) is 0.405. The van der Waals surface area contributed by atoms with Crippen molar-refractivity contribution in [2.24, 2.45) is 5.16 Å². The third-order valence-corrected chi connectivity index (χ3v) is 4.49. The molecule has 0 saturated heterocycles. The second kappa shape index (κ2) is 7.89. The van der Waals surface area contributed by atoms with Crippen LogP contribution >= 0.6 is 0 Å². The first-order valence-corrected chi connectivity index (χ1v) is 8.97. The summed E-state index contributed by atoms with van der Waals surface area (Å²) in [6.07, 6.45) is -4.94. The Labute approximate surface area is 159 Å². The molecule has 5 nitrogen and oxygen atoms in total. The first-order valence-electron chi connectivity index (χ1n) is 7.48. The van der Waals surface area contributed by atoms with E-state index in [2.05, 4.69) is 5.16 Å². The summed E-state index contributed by atoms with van der Waals surface area (Å²) in [5, 5.41) is 3.54. The lowest BCUT2D eigenvalue weighted by Gasteiger charge is -2.16. The molecular weight excluding hydrogens is 433 g/mol. The fraction of sp³-hybridized carbons (Fsp3) is 0.188. The molecule has 0 radical (unpaired) electrons. The summed E-state index contributed by atoms with van der Waals surface area (Å²) in [7, 11) is -6.00. The van der Waals surface area contributed by atoms with Gasteiger partial charge in [-0.15, -0.1) is 0 Å². The van der Waals surface area contributed by atoms with Crippen LogP contribution in [0.4, 0.5) is 36.4 Å². The van der Waals surface area contributed by atoms with Gasteiger partial charge in [-0.2, -0.15) is 34.8 Å². The summed E-state index contributed by atoms with van der Waals surface area (Å²) in [5.74, 6) is -0.556. The van der Waals surface area contributed by atoms with Crippen LogP contribution in [0.1, 0.15) is 18.1 Å². The number of rotatable bonds is 5. The topological polar surface area (TPSA) is 67.8 Å². The third-order valence-electron chi connectivity index (χ3n) is 3.39. The van der Waals surface area contributed by atoms with Gasteiger partial charge >= 0.3 is 21.7 Å². The molecular formula is C16H11F7N2O3S. The number of alkyl halides is 6. The van der Waals surface area contributed by atoms with E-state index in [-0.39, 0.29) is 17.5 Å². The van der Waals surface area contributed by atoms with E-state index in [1.165, 1.54) is 12.1 Å². The molecule has 1 N–H and O–H groups in total. The molecule has 0 aliphatic carbocycles. The highest BCUT2D eigenvalue weighted by Gasteiger charge is 2.46. The van der Waals surface area contributed by atoms with Crippen LogP contribution in [0.2, 0.25) is 0 Å². The molecule has 158 valence electrons. The Morgan fingerprint density at radius 3 is 2.10 bits per heavy atom. The van der Waals surface area contributed by atoms with E-state index in [1.807, 2.05) is 0 Å². The highest BCUT2D eigenvalue weighted by atomic mass is 32.2. The molecule has 29 heavy (non-hydrogen) atoms. The van der Waals surface area contributed by atoms with E-state index >= 15 is 0 Å². The number of anilines is 1. The first-order chi connectivity index (χ1) is 13.2. The zero-order valence-electron chi connectivity index (χ0n) is 14.3. The largest absolute Gasteiger partial charge is 0.516 e. The van der Waals surface area contributed by atoms with Gasteiger partial charge in [-0.3, -0.25) is 4.72 Å². The molecule has 0 atom stereocenters. The standard InChI is InChI=1S/C16H11F7N2O3S/c1-9(24-28-12-5-3-11(17)4-6-12)13-7-2-10(15(18,19)20)8-14(13)25-29(26,27)16(21,22)23/h2-8,25H,1H3. The van der Waals surface area contributed by atoms with Crippen molar-refractivity contribution in [3.05, 3.63) is 59.4 Å². The average molecular weight is 444 g/mol. The van der Waals surface area contributed by atoms with Gasteiger partial charge in [-0.25, -0.2) is 4.39 Å². The van der Waals surface area contributed by atoms with Gasteiger partial charge in [-0.05, 0) is 43.3 Å². The van der Waals surface area contributed by atoms with Crippen LogP contribution in [-0.4, -0.2) is 19.6 Å². The Kier molecular flexibility index (Phi) is 6.11. The third kappa shape index (κ3) is 5.59. The molecule has 0 fully saturated rings. The van der Waals surface area contributed by atoms with E-state index in [9.17, 15) is 39.2 Å². The SMILES string of the molecule is CC(=NOc1ccc(F)cc1)c1ccc(C(F)(F)F)cc1NS(=O)(=O)C(F)(F)F. The number of nitrogens with one attached hydrogen (secondary N) is 1. The van der Waals surface area contributed by atoms with Gasteiger partial charge in [0.1, 0.15) is 5.82 Å². The number of benzene rings is 2. The Balaban J connectivity index is 2.46. The van der Waals surface area contributed by atoms with Gasteiger partial charge in [-0.1, -0.05) is 11.2 Å². The van der Waals surface area contributed by atoms with Crippen LogP contribution < -0.4 is 9.56 Å². The van der Waals surface area contributed by atoms with Crippen molar-refractivity contribution in [2.45, 2.75) is 18.6 Å². The summed E-state index contributed by atoms with van der Waals surface area (Å²) in [6.45, 7) is 1.16. The van der Waals surface area contributed by atoms with Crippen molar-refractivity contribution >= 4 is 21.4 Å². The van der Waals surface area contributed by atoms with Crippen molar-refractivity contribution in [1.29, 1.82) is 0 Å². The van der Waals surface area contributed by atoms with Gasteiger partial charge in [0.25, 0.3) is 0 Å². The van der Waals surface area contributed by atoms with Crippen molar-refractivity contribution in [3.63, 3.8) is 0 Å². The molecule has 2 aromatic rings. The molecule has 13 heteroatoms. The maximum atomic E-state index is 12.9. The first kappa shape index (κ1) is 22.5. The smallest absolute Gasteiger partial charge is 0.357 e. The van der Waals surface area contributed by atoms with Crippen LogP contribution in [0.3, 0.4) is 0 Å². The van der Waals surface area contributed by atoms with Crippen LogP contribution in [0.5, 0.6) is 5.75 Å². The van der Waals surface area contributed by atoms with Gasteiger partial charge in [0, 0.05) is 5.56 Å². The molecule has 0 aliphatic heterocycles. The van der Waals surface area contributed by atoms with Gasteiger partial charge in [0.05, 0.1) is 17.0 Å². The summed E-state index contributed by atoms with van der Waals surface area (Å²) in [4.78, 5) is 4.93. The molecule has 2 aromatic carbocycles. The Morgan fingerprint density at radius 1 is 1.00 bits per heavy atom. The Bertz CT molecular complexity index is 1010. The minimum Gasteiger partial charge on any atom is -0.357 e. The average Bonchev–Trinajstić information content (AvgIpc) is 2.59. The fourth-order valence-electron chi connectivity index (χ4n) is 1.99. The fourth-order valence-corrected chi connectivity index (χ4v) is 2.56. The molecule has 0 heterocycles. The lowest BCUT2D eigenvalue weighted by atomic mass is 10.1. The predicted octanol–water partition coefficient (Wildman–Crippen LogP) is 4.91. The highest BCUT2D eigenvalue weighted by molar-refractivity contribution is 7.93. The minimum atomic E-state index is -6.00. The summed E-state index contributed by atoms with van der Waals surface area (Å²) in [5.41, 5.74) is -8.78. The van der Waals surface area contributed by atoms with Gasteiger partial charge in [0.2, 0.25) is 0 Å². The molecule has 0 unspecified atom stereocenters. The van der Waals surface area contributed by atoms with Crippen molar-refractivity contribution in [3.8, 4) is 5.75 Å². The Hall–Kier alpha value is -2.83. The number of halogens is 7. The number of hydrogen-bond acceptors (Lipinski definition) is 4. The number of hydrogen-bond donors (Lipinski definition) is 1. The maximum Gasteiger partial charge on any atom is 0.516 e.